The molecule has 0 unspecified atom stereocenters. The molecule has 0 saturated carbocycles. The number of rotatable bonds is 1. The maximum atomic E-state index is 6.23. The Bertz CT molecular complexity index is 414. The van der Waals surface area contributed by atoms with Gasteiger partial charge in [0, 0.05) is 22.2 Å². The van der Waals surface area contributed by atoms with Crippen molar-refractivity contribution in [3.8, 4) is 0 Å². The van der Waals surface area contributed by atoms with Gasteiger partial charge >= 0.3 is 0 Å². The smallest absolute Gasteiger partial charge is 0.0969 e. The summed E-state index contributed by atoms with van der Waals surface area (Å²) >= 11 is 2.00. The molecule has 2 aliphatic rings. The molecule has 1 fully saturated rings. The van der Waals surface area contributed by atoms with E-state index in [1.165, 1.54) is 10.4 Å². The molecule has 2 nitrogen and oxygen atoms in total. The highest BCUT2D eigenvalue weighted by molar-refractivity contribution is 7.12. The number of hydrogen-bond donors (Lipinski definition) is 1. The zero-order valence-corrected chi connectivity index (χ0v) is 11.5. The van der Waals surface area contributed by atoms with Gasteiger partial charge in [-0.2, -0.15) is 0 Å². The van der Waals surface area contributed by atoms with Crippen LogP contribution in [0, 0.1) is 0 Å². The third-order valence-electron chi connectivity index (χ3n) is 4.06. The lowest BCUT2D eigenvalue weighted by atomic mass is 9.80. The Morgan fingerprint density at radius 3 is 3.24 bits per heavy atom. The largest absolute Gasteiger partial charge is 0.370 e. The van der Waals surface area contributed by atoms with Crippen molar-refractivity contribution in [2.24, 2.45) is 0 Å². The number of piperidine rings is 1. The number of aryl methyl sites for hydroxylation is 1. The van der Waals surface area contributed by atoms with E-state index in [0.717, 1.165) is 38.8 Å². The van der Waals surface area contributed by atoms with Gasteiger partial charge in [0.25, 0.3) is 0 Å². The fourth-order valence-electron chi connectivity index (χ4n) is 3.21. The molecule has 0 aliphatic carbocycles. The van der Waals surface area contributed by atoms with Crippen LogP contribution < -0.4 is 5.32 Å². The SMILES string of the molecule is CCc1cc2c(s1)CCO[C@@]21CCN[C@@H](C)C1. The van der Waals surface area contributed by atoms with Gasteiger partial charge in [-0.05, 0) is 44.4 Å². The van der Waals surface area contributed by atoms with E-state index in [1.54, 1.807) is 4.88 Å². The second kappa shape index (κ2) is 4.38. The van der Waals surface area contributed by atoms with Gasteiger partial charge in [-0.3, -0.25) is 0 Å². The second-order valence-electron chi connectivity index (χ2n) is 5.31. The Balaban J connectivity index is 1.99. The summed E-state index contributed by atoms with van der Waals surface area (Å²) in [5, 5.41) is 3.53. The molecule has 94 valence electrons. The molecule has 3 rings (SSSR count). The van der Waals surface area contributed by atoms with Crippen LogP contribution in [0.5, 0.6) is 0 Å². The van der Waals surface area contributed by atoms with E-state index in [-0.39, 0.29) is 5.60 Å². The van der Waals surface area contributed by atoms with E-state index in [2.05, 4.69) is 25.2 Å². The van der Waals surface area contributed by atoms with Gasteiger partial charge in [-0.25, -0.2) is 0 Å². The van der Waals surface area contributed by atoms with Crippen LogP contribution in [0.15, 0.2) is 6.07 Å². The van der Waals surface area contributed by atoms with Gasteiger partial charge in [-0.1, -0.05) is 6.92 Å². The van der Waals surface area contributed by atoms with Crippen LogP contribution in [-0.4, -0.2) is 19.2 Å². The standard InChI is InChI=1S/C14H21NOS/c1-3-11-8-12-13(17-11)4-7-16-14(12)5-6-15-10(2)9-14/h8,10,15H,3-7,9H2,1-2H3/t10-,14+/m0/s1. The molecule has 2 aliphatic heterocycles. The summed E-state index contributed by atoms with van der Waals surface area (Å²) in [6, 6.07) is 2.98. The average Bonchev–Trinajstić information content (AvgIpc) is 2.74. The molecule has 0 amide bonds. The monoisotopic (exact) mass is 251 g/mol. The van der Waals surface area contributed by atoms with E-state index in [0.29, 0.717) is 6.04 Å². The highest BCUT2D eigenvalue weighted by Gasteiger charge is 2.41. The van der Waals surface area contributed by atoms with Crippen molar-refractivity contribution in [3.63, 3.8) is 0 Å². The van der Waals surface area contributed by atoms with Gasteiger partial charge in [0.1, 0.15) is 0 Å². The van der Waals surface area contributed by atoms with Crippen molar-refractivity contribution in [3.05, 3.63) is 21.4 Å². The fraction of sp³-hybridized carbons (Fsp3) is 0.714. The minimum atomic E-state index is 0.0299. The lowest BCUT2D eigenvalue weighted by molar-refractivity contribution is -0.0870. The number of fused-ring (bicyclic) bond motifs is 2. The van der Waals surface area contributed by atoms with E-state index in [1.807, 2.05) is 11.3 Å². The normalized spacial score (nSPS) is 32.7. The molecule has 17 heavy (non-hydrogen) atoms. The molecule has 3 heterocycles. The molecule has 3 heteroatoms. The van der Waals surface area contributed by atoms with Crippen molar-refractivity contribution in [1.82, 2.24) is 5.32 Å². The molecule has 1 aromatic heterocycles. The lowest BCUT2D eigenvalue weighted by Crippen LogP contribution is -2.48. The third kappa shape index (κ3) is 1.94. The Hall–Kier alpha value is -0.380. The predicted molar refractivity (Wildman–Crippen MR) is 71.7 cm³/mol. The van der Waals surface area contributed by atoms with Crippen LogP contribution in [-0.2, 0) is 23.2 Å². The van der Waals surface area contributed by atoms with Crippen LogP contribution in [0.25, 0.3) is 0 Å². The Morgan fingerprint density at radius 2 is 2.47 bits per heavy atom. The average molecular weight is 251 g/mol. The summed E-state index contributed by atoms with van der Waals surface area (Å²) in [5.41, 5.74) is 1.54. The second-order valence-corrected chi connectivity index (χ2v) is 6.53. The summed E-state index contributed by atoms with van der Waals surface area (Å²) in [4.78, 5) is 3.10. The van der Waals surface area contributed by atoms with Crippen LogP contribution in [0.2, 0.25) is 0 Å². The van der Waals surface area contributed by atoms with Crippen LogP contribution in [0.3, 0.4) is 0 Å². The van der Waals surface area contributed by atoms with E-state index >= 15 is 0 Å². The fourth-order valence-corrected chi connectivity index (χ4v) is 4.39. The molecule has 0 radical (unpaired) electrons. The highest BCUT2D eigenvalue weighted by atomic mass is 32.1. The highest BCUT2D eigenvalue weighted by Crippen LogP contribution is 2.44. The first-order valence-corrected chi connectivity index (χ1v) is 7.54. The summed E-state index contributed by atoms with van der Waals surface area (Å²) < 4.78 is 6.23. The van der Waals surface area contributed by atoms with Crippen LogP contribution in [0.1, 0.15) is 42.0 Å². The maximum absolute atomic E-state index is 6.23. The number of nitrogens with one attached hydrogen (secondary N) is 1. The summed E-state index contributed by atoms with van der Waals surface area (Å²) in [7, 11) is 0. The third-order valence-corrected chi connectivity index (χ3v) is 5.40. The molecule has 2 atom stereocenters. The van der Waals surface area contributed by atoms with Crippen molar-refractivity contribution >= 4 is 11.3 Å². The van der Waals surface area contributed by atoms with Gasteiger partial charge in [0.2, 0.25) is 0 Å². The topological polar surface area (TPSA) is 21.3 Å². The van der Waals surface area contributed by atoms with E-state index < -0.39 is 0 Å². The van der Waals surface area contributed by atoms with Gasteiger partial charge < -0.3 is 10.1 Å². The van der Waals surface area contributed by atoms with Crippen molar-refractivity contribution < 1.29 is 4.74 Å². The first kappa shape index (κ1) is 11.7. The van der Waals surface area contributed by atoms with E-state index in [9.17, 15) is 0 Å². The molecule has 1 spiro atoms. The summed E-state index contributed by atoms with van der Waals surface area (Å²) in [6.45, 7) is 6.50. The molecule has 1 aromatic rings. The Morgan fingerprint density at radius 1 is 1.59 bits per heavy atom. The van der Waals surface area contributed by atoms with Crippen molar-refractivity contribution in [2.75, 3.05) is 13.2 Å². The molecule has 0 bridgehead atoms. The van der Waals surface area contributed by atoms with Gasteiger partial charge in [-0.15, -0.1) is 11.3 Å². The number of ether oxygens (including phenoxy) is 1. The van der Waals surface area contributed by atoms with Crippen molar-refractivity contribution in [1.29, 1.82) is 0 Å². The Labute approximate surface area is 107 Å². The quantitative estimate of drug-likeness (QED) is 0.828. The van der Waals surface area contributed by atoms with Crippen LogP contribution >= 0.6 is 11.3 Å². The molecular weight excluding hydrogens is 230 g/mol. The van der Waals surface area contributed by atoms with Gasteiger partial charge in [0.05, 0.1) is 12.2 Å². The predicted octanol–water partition coefficient (Wildman–Crippen LogP) is 2.85. The van der Waals surface area contributed by atoms with E-state index in [4.69, 9.17) is 4.74 Å². The number of thiophene rings is 1. The minimum Gasteiger partial charge on any atom is -0.370 e. The lowest BCUT2D eigenvalue weighted by Gasteiger charge is -2.43. The van der Waals surface area contributed by atoms with Crippen LogP contribution in [0.4, 0.5) is 0 Å². The zero-order chi connectivity index (χ0) is 11.9. The van der Waals surface area contributed by atoms with Crippen molar-refractivity contribution in [2.45, 2.75) is 51.2 Å². The zero-order valence-electron chi connectivity index (χ0n) is 10.7. The first-order valence-electron chi connectivity index (χ1n) is 6.73. The summed E-state index contributed by atoms with van der Waals surface area (Å²) in [5.74, 6) is 0. The molecule has 1 saturated heterocycles. The minimum absolute atomic E-state index is 0.0299. The van der Waals surface area contributed by atoms with Gasteiger partial charge in [0.15, 0.2) is 0 Å². The number of hydrogen-bond acceptors (Lipinski definition) is 3. The molecule has 0 aromatic carbocycles. The Kier molecular flexibility index (Phi) is 3.01. The maximum Gasteiger partial charge on any atom is 0.0969 e. The first-order chi connectivity index (χ1) is 8.23. The molecular formula is C14H21NOS. The molecule has 1 N–H and O–H groups in total. The summed E-state index contributed by atoms with van der Waals surface area (Å²) in [6.07, 6.45) is 4.52.